The lowest BCUT2D eigenvalue weighted by Gasteiger charge is -2.11. The maximum Gasteiger partial charge on any atom is 0.352 e. The number of aromatic nitrogens is 5. The first-order chi connectivity index (χ1) is 13.1. The van der Waals surface area contributed by atoms with Gasteiger partial charge in [-0.15, -0.1) is 16.4 Å². The molecule has 0 aliphatic heterocycles. The van der Waals surface area contributed by atoms with E-state index in [9.17, 15) is 4.79 Å². The van der Waals surface area contributed by atoms with E-state index in [1.807, 2.05) is 19.1 Å². The lowest BCUT2D eigenvalue weighted by Crippen LogP contribution is -2.27. The van der Waals surface area contributed by atoms with E-state index in [0.717, 1.165) is 34.2 Å². The molecule has 4 heterocycles. The number of rotatable bonds is 3. The summed E-state index contributed by atoms with van der Waals surface area (Å²) in [5.41, 5.74) is 3.65. The molecule has 0 unspecified atom stereocenters. The van der Waals surface area contributed by atoms with Gasteiger partial charge in [0.15, 0.2) is 11.5 Å². The van der Waals surface area contributed by atoms with Gasteiger partial charge in [-0.1, -0.05) is 12.2 Å². The molecule has 6 nitrogen and oxygen atoms in total. The maximum atomic E-state index is 13.2. The van der Waals surface area contributed by atoms with Crippen LogP contribution in [0.1, 0.15) is 30.2 Å². The van der Waals surface area contributed by atoms with Crippen LogP contribution in [0.3, 0.4) is 0 Å². The third-order valence-electron chi connectivity index (χ3n) is 5.01. The average molecular weight is 377 g/mol. The molecule has 0 N–H and O–H groups in total. The summed E-state index contributed by atoms with van der Waals surface area (Å²) in [4.78, 5) is 24.4. The molecule has 0 fully saturated rings. The third-order valence-corrected chi connectivity index (χ3v) is 6.32. The summed E-state index contributed by atoms with van der Waals surface area (Å²) in [6.45, 7) is 6.45. The number of hydrogen-bond donors (Lipinski definition) is 0. The van der Waals surface area contributed by atoms with Gasteiger partial charge in [0.2, 0.25) is 0 Å². The van der Waals surface area contributed by atoms with Crippen molar-refractivity contribution < 1.29 is 0 Å². The quantitative estimate of drug-likeness (QED) is 0.512. The molecule has 0 amide bonds. The number of nitrogens with zero attached hydrogens (tertiary/aromatic N) is 5. The van der Waals surface area contributed by atoms with Crippen LogP contribution < -0.4 is 5.69 Å². The molecule has 1 aliphatic rings. The zero-order chi connectivity index (χ0) is 18.5. The Bertz CT molecular complexity index is 1250. The first-order valence-corrected chi connectivity index (χ1v) is 9.93. The van der Waals surface area contributed by atoms with Gasteiger partial charge in [0.25, 0.3) is 0 Å². The number of thiophene rings is 1. The van der Waals surface area contributed by atoms with Gasteiger partial charge in [0.05, 0.1) is 5.39 Å². The number of hydrogen-bond acceptors (Lipinski definition) is 5. The van der Waals surface area contributed by atoms with Crippen molar-refractivity contribution in [2.24, 2.45) is 0 Å². The van der Waals surface area contributed by atoms with Crippen molar-refractivity contribution >= 4 is 27.2 Å². The Morgan fingerprint density at radius 2 is 2.04 bits per heavy atom. The van der Waals surface area contributed by atoms with Gasteiger partial charge in [0, 0.05) is 29.4 Å². The van der Waals surface area contributed by atoms with Gasteiger partial charge in [-0.2, -0.15) is 4.52 Å². The van der Waals surface area contributed by atoms with Crippen LogP contribution in [-0.2, 0) is 19.4 Å². The molecule has 0 saturated carbocycles. The molecule has 0 spiro atoms. The Kier molecular flexibility index (Phi) is 3.72. The van der Waals surface area contributed by atoms with Crippen LogP contribution in [0.4, 0.5) is 0 Å². The second kappa shape index (κ2) is 6.13. The minimum atomic E-state index is -0.160. The minimum absolute atomic E-state index is 0.160. The molecule has 27 heavy (non-hydrogen) atoms. The van der Waals surface area contributed by atoms with E-state index in [2.05, 4.69) is 16.7 Å². The molecule has 0 atom stereocenters. The van der Waals surface area contributed by atoms with Crippen molar-refractivity contribution in [3.8, 4) is 11.4 Å². The van der Waals surface area contributed by atoms with Crippen LogP contribution in [-0.4, -0.2) is 24.1 Å². The average Bonchev–Trinajstić information content (AvgIpc) is 3.27. The Morgan fingerprint density at radius 1 is 1.26 bits per heavy atom. The minimum Gasteiger partial charge on any atom is -0.279 e. The number of pyridine rings is 1. The van der Waals surface area contributed by atoms with Crippen molar-refractivity contribution in [2.45, 2.75) is 39.2 Å². The Labute approximate surface area is 159 Å². The standard InChI is InChI=1S/C20H19N5OS/c1-12(2)11-24-19-16(14-5-3-4-6-15(14)27-19)18-22-17(23-25(18)20(24)26)13-7-9-21-10-8-13/h7-10H,1,3-6,11H2,2H3. The van der Waals surface area contributed by atoms with Gasteiger partial charge in [0.1, 0.15) is 4.83 Å². The summed E-state index contributed by atoms with van der Waals surface area (Å²) in [6, 6.07) is 3.73. The monoisotopic (exact) mass is 377 g/mol. The highest BCUT2D eigenvalue weighted by molar-refractivity contribution is 7.19. The van der Waals surface area contributed by atoms with Gasteiger partial charge < -0.3 is 0 Å². The van der Waals surface area contributed by atoms with Crippen LogP contribution in [0.2, 0.25) is 0 Å². The third kappa shape index (κ3) is 2.53. The van der Waals surface area contributed by atoms with E-state index in [1.54, 1.807) is 28.3 Å². The molecule has 4 aromatic rings. The fourth-order valence-corrected chi connectivity index (χ4v) is 5.19. The van der Waals surface area contributed by atoms with E-state index in [0.29, 0.717) is 18.0 Å². The first-order valence-electron chi connectivity index (χ1n) is 9.12. The molecule has 5 rings (SSSR count). The predicted molar refractivity (Wildman–Crippen MR) is 107 cm³/mol. The van der Waals surface area contributed by atoms with Crippen LogP contribution in [0, 0.1) is 0 Å². The molecule has 0 radical (unpaired) electrons. The molecule has 136 valence electrons. The lowest BCUT2D eigenvalue weighted by molar-refractivity contribution is 0.697. The molecule has 7 heteroatoms. The number of aryl methyl sites for hydroxylation is 2. The summed E-state index contributed by atoms with van der Waals surface area (Å²) in [7, 11) is 0. The second-order valence-corrected chi connectivity index (χ2v) is 8.21. The molecular formula is C20H19N5OS. The van der Waals surface area contributed by atoms with Crippen molar-refractivity contribution in [2.75, 3.05) is 0 Å². The van der Waals surface area contributed by atoms with Gasteiger partial charge in [-0.25, -0.2) is 9.78 Å². The molecule has 4 aromatic heterocycles. The summed E-state index contributed by atoms with van der Waals surface area (Å²) in [5.74, 6) is 0.555. The summed E-state index contributed by atoms with van der Waals surface area (Å²) in [6.07, 6.45) is 7.91. The number of allylic oxidation sites excluding steroid dienone is 1. The maximum absolute atomic E-state index is 13.2. The fourth-order valence-electron chi connectivity index (χ4n) is 3.81. The van der Waals surface area contributed by atoms with Crippen molar-refractivity contribution in [1.82, 2.24) is 24.1 Å². The Balaban J connectivity index is 1.89. The second-order valence-electron chi connectivity index (χ2n) is 7.12. The van der Waals surface area contributed by atoms with Gasteiger partial charge in [-0.05, 0) is 50.3 Å². The topological polar surface area (TPSA) is 65.1 Å². The largest absolute Gasteiger partial charge is 0.352 e. The fraction of sp³-hybridized carbons (Fsp3) is 0.300. The van der Waals surface area contributed by atoms with E-state index in [-0.39, 0.29) is 5.69 Å². The van der Waals surface area contributed by atoms with Gasteiger partial charge in [-0.3, -0.25) is 9.55 Å². The molecule has 0 aromatic carbocycles. The van der Waals surface area contributed by atoms with E-state index in [1.165, 1.54) is 27.8 Å². The normalized spacial score (nSPS) is 14.0. The first kappa shape index (κ1) is 16.4. The molecular weight excluding hydrogens is 358 g/mol. The van der Waals surface area contributed by atoms with E-state index < -0.39 is 0 Å². The van der Waals surface area contributed by atoms with E-state index in [4.69, 9.17) is 4.98 Å². The predicted octanol–water partition coefficient (Wildman–Crippen LogP) is 3.62. The summed E-state index contributed by atoms with van der Waals surface area (Å²) < 4.78 is 3.27. The Hall–Kier alpha value is -2.80. The van der Waals surface area contributed by atoms with Crippen molar-refractivity contribution in [1.29, 1.82) is 0 Å². The van der Waals surface area contributed by atoms with Crippen LogP contribution in [0.5, 0.6) is 0 Å². The van der Waals surface area contributed by atoms with Crippen molar-refractivity contribution in [3.63, 3.8) is 0 Å². The van der Waals surface area contributed by atoms with Gasteiger partial charge >= 0.3 is 5.69 Å². The number of fused-ring (bicyclic) bond motifs is 5. The summed E-state index contributed by atoms with van der Waals surface area (Å²) >= 11 is 1.73. The molecule has 1 aliphatic carbocycles. The lowest BCUT2D eigenvalue weighted by atomic mass is 9.97. The SMILES string of the molecule is C=C(C)Cn1c(=O)n2nc(-c3ccncc3)nc2c2c3c(sc21)CCCC3. The zero-order valence-electron chi connectivity index (χ0n) is 15.1. The zero-order valence-corrected chi connectivity index (χ0v) is 15.9. The highest BCUT2D eigenvalue weighted by atomic mass is 32.1. The molecule has 0 saturated heterocycles. The summed E-state index contributed by atoms with van der Waals surface area (Å²) in [5, 5.41) is 5.63. The van der Waals surface area contributed by atoms with Crippen molar-refractivity contribution in [3.05, 3.63) is 57.6 Å². The van der Waals surface area contributed by atoms with Crippen LogP contribution in [0.15, 0.2) is 41.5 Å². The highest BCUT2D eigenvalue weighted by Crippen LogP contribution is 2.38. The molecule has 0 bridgehead atoms. The van der Waals surface area contributed by atoms with E-state index >= 15 is 0 Å². The van der Waals surface area contributed by atoms with Crippen LogP contribution in [0.25, 0.3) is 27.3 Å². The Morgan fingerprint density at radius 3 is 2.81 bits per heavy atom. The highest BCUT2D eigenvalue weighted by Gasteiger charge is 2.24. The van der Waals surface area contributed by atoms with Crippen LogP contribution >= 0.6 is 11.3 Å². The smallest absolute Gasteiger partial charge is 0.279 e.